The highest BCUT2D eigenvalue weighted by Crippen LogP contribution is 2.32. The monoisotopic (exact) mass is 269 g/mol. The van der Waals surface area contributed by atoms with Crippen LogP contribution in [0.4, 0.5) is 0 Å². The van der Waals surface area contributed by atoms with Crippen molar-refractivity contribution in [3.8, 4) is 11.6 Å². The molecule has 104 valence electrons. The Morgan fingerprint density at radius 2 is 1.95 bits per heavy atom. The first kappa shape index (κ1) is 14.1. The molecule has 0 spiro atoms. The molecular weight excluding hydrogens is 250 g/mol. The van der Waals surface area contributed by atoms with Gasteiger partial charge in [0.25, 0.3) is 0 Å². The van der Waals surface area contributed by atoms with E-state index < -0.39 is 0 Å². The molecule has 0 radical (unpaired) electrons. The van der Waals surface area contributed by atoms with Crippen molar-refractivity contribution in [1.82, 2.24) is 4.98 Å². The van der Waals surface area contributed by atoms with Gasteiger partial charge in [-0.25, -0.2) is 4.98 Å². The minimum atomic E-state index is 0.509. The first-order valence-corrected chi connectivity index (χ1v) is 6.49. The van der Waals surface area contributed by atoms with E-state index in [1.54, 1.807) is 13.3 Å². The van der Waals surface area contributed by atoms with Crippen LogP contribution in [0.3, 0.4) is 0 Å². The number of benzene rings is 1. The van der Waals surface area contributed by atoms with Crippen molar-refractivity contribution in [1.29, 1.82) is 0 Å². The standard InChI is InChI=1S/C17H19NO2/c1-12(2)16-13(3)17(19-4)18-10-15(16)20-11-14-8-6-5-7-9-14/h5-10H,1,11H2,2-4H3. The smallest absolute Gasteiger partial charge is 0.216 e. The van der Waals surface area contributed by atoms with Gasteiger partial charge in [-0.15, -0.1) is 0 Å². The number of nitrogens with zero attached hydrogens (tertiary/aromatic N) is 1. The molecule has 1 aromatic carbocycles. The molecule has 0 N–H and O–H groups in total. The topological polar surface area (TPSA) is 31.4 Å². The van der Waals surface area contributed by atoms with Crippen molar-refractivity contribution in [2.24, 2.45) is 0 Å². The van der Waals surface area contributed by atoms with Crippen LogP contribution in [0.1, 0.15) is 23.6 Å². The van der Waals surface area contributed by atoms with Gasteiger partial charge in [-0.3, -0.25) is 0 Å². The molecule has 2 aromatic rings. The number of ether oxygens (including phenoxy) is 2. The zero-order valence-corrected chi connectivity index (χ0v) is 12.1. The molecule has 20 heavy (non-hydrogen) atoms. The van der Waals surface area contributed by atoms with Crippen molar-refractivity contribution < 1.29 is 9.47 Å². The third-order valence-corrected chi connectivity index (χ3v) is 3.10. The highest BCUT2D eigenvalue weighted by Gasteiger charge is 2.13. The number of hydrogen-bond acceptors (Lipinski definition) is 3. The minimum Gasteiger partial charge on any atom is -0.487 e. The lowest BCUT2D eigenvalue weighted by molar-refractivity contribution is 0.302. The second-order valence-corrected chi connectivity index (χ2v) is 4.69. The van der Waals surface area contributed by atoms with Gasteiger partial charge < -0.3 is 9.47 Å². The van der Waals surface area contributed by atoms with Crippen molar-refractivity contribution in [2.75, 3.05) is 7.11 Å². The van der Waals surface area contributed by atoms with Gasteiger partial charge >= 0.3 is 0 Å². The van der Waals surface area contributed by atoms with Crippen molar-refractivity contribution in [3.63, 3.8) is 0 Å². The van der Waals surface area contributed by atoms with Crippen LogP contribution in [-0.2, 0) is 6.61 Å². The lowest BCUT2D eigenvalue weighted by atomic mass is 10.0. The van der Waals surface area contributed by atoms with E-state index in [0.717, 1.165) is 28.0 Å². The molecule has 3 heteroatoms. The van der Waals surface area contributed by atoms with Gasteiger partial charge in [-0.2, -0.15) is 0 Å². The number of methoxy groups -OCH3 is 1. The Hall–Kier alpha value is -2.29. The summed E-state index contributed by atoms with van der Waals surface area (Å²) in [6.07, 6.45) is 1.69. The number of allylic oxidation sites excluding steroid dienone is 1. The fourth-order valence-electron chi connectivity index (χ4n) is 2.15. The van der Waals surface area contributed by atoms with Gasteiger partial charge in [0.1, 0.15) is 12.4 Å². The van der Waals surface area contributed by atoms with E-state index >= 15 is 0 Å². The molecule has 0 unspecified atom stereocenters. The van der Waals surface area contributed by atoms with Crippen LogP contribution in [0.25, 0.3) is 5.57 Å². The Bertz CT molecular complexity index is 606. The van der Waals surface area contributed by atoms with Gasteiger partial charge in [0, 0.05) is 11.1 Å². The predicted molar refractivity (Wildman–Crippen MR) is 81.0 cm³/mol. The maximum absolute atomic E-state index is 5.89. The summed E-state index contributed by atoms with van der Waals surface area (Å²) in [5.41, 5.74) is 3.97. The fraction of sp³-hybridized carbons (Fsp3) is 0.235. The number of rotatable bonds is 5. The number of pyridine rings is 1. The van der Waals surface area contributed by atoms with Crippen LogP contribution in [0, 0.1) is 6.92 Å². The second-order valence-electron chi connectivity index (χ2n) is 4.69. The van der Waals surface area contributed by atoms with Crippen LogP contribution in [-0.4, -0.2) is 12.1 Å². The van der Waals surface area contributed by atoms with Gasteiger partial charge in [-0.05, 0) is 25.0 Å². The zero-order chi connectivity index (χ0) is 14.5. The predicted octanol–water partition coefficient (Wildman–Crippen LogP) is 4.01. The summed E-state index contributed by atoms with van der Waals surface area (Å²) in [7, 11) is 1.61. The van der Waals surface area contributed by atoms with Crippen LogP contribution >= 0.6 is 0 Å². The minimum absolute atomic E-state index is 0.509. The average molecular weight is 269 g/mol. The molecule has 1 aromatic heterocycles. The summed E-state index contributed by atoms with van der Waals surface area (Å²) in [6, 6.07) is 10.0. The number of aromatic nitrogens is 1. The summed E-state index contributed by atoms with van der Waals surface area (Å²) < 4.78 is 11.1. The zero-order valence-electron chi connectivity index (χ0n) is 12.1. The molecule has 0 saturated carbocycles. The third kappa shape index (κ3) is 2.99. The van der Waals surface area contributed by atoms with Crippen molar-refractivity contribution in [2.45, 2.75) is 20.5 Å². The van der Waals surface area contributed by atoms with Crippen LogP contribution in [0.5, 0.6) is 11.6 Å². The summed E-state index contributed by atoms with van der Waals surface area (Å²) in [6.45, 7) is 8.44. The molecule has 1 heterocycles. The van der Waals surface area contributed by atoms with Crippen LogP contribution in [0.2, 0.25) is 0 Å². The van der Waals surface area contributed by atoms with E-state index in [1.165, 1.54) is 0 Å². The molecule has 0 saturated heterocycles. The van der Waals surface area contributed by atoms with E-state index in [9.17, 15) is 0 Å². The Kier molecular flexibility index (Phi) is 4.41. The molecule has 0 bridgehead atoms. The normalized spacial score (nSPS) is 10.2. The van der Waals surface area contributed by atoms with E-state index in [0.29, 0.717) is 12.5 Å². The SMILES string of the molecule is C=C(C)c1c(OCc2ccccc2)cnc(OC)c1C. The highest BCUT2D eigenvalue weighted by atomic mass is 16.5. The van der Waals surface area contributed by atoms with Gasteiger partial charge in [0.15, 0.2) is 0 Å². The van der Waals surface area contributed by atoms with Crippen molar-refractivity contribution in [3.05, 3.63) is 59.8 Å². The van der Waals surface area contributed by atoms with Gasteiger partial charge in [-0.1, -0.05) is 36.9 Å². The lowest BCUT2D eigenvalue weighted by Crippen LogP contribution is -2.02. The summed E-state index contributed by atoms with van der Waals surface area (Å²) in [4.78, 5) is 4.26. The van der Waals surface area contributed by atoms with E-state index in [2.05, 4.69) is 11.6 Å². The highest BCUT2D eigenvalue weighted by molar-refractivity contribution is 5.71. The maximum atomic E-state index is 5.89. The Labute approximate surface area is 119 Å². The molecule has 3 nitrogen and oxygen atoms in total. The second kappa shape index (κ2) is 6.24. The quantitative estimate of drug-likeness (QED) is 0.821. The summed E-state index contributed by atoms with van der Waals surface area (Å²) in [5.74, 6) is 1.34. The van der Waals surface area contributed by atoms with Gasteiger partial charge in [0.2, 0.25) is 5.88 Å². The largest absolute Gasteiger partial charge is 0.487 e. The Morgan fingerprint density at radius 1 is 1.25 bits per heavy atom. The van der Waals surface area contributed by atoms with Crippen molar-refractivity contribution >= 4 is 5.57 Å². The first-order valence-electron chi connectivity index (χ1n) is 6.49. The molecule has 0 amide bonds. The molecule has 0 fully saturated rings. The summed E-state index contributed by atoms with van der Waals surface area (Å²) in [5, 5.41) is 0. The fourth-order valence-corrected chi connectivity index (χ4v) is 2.15. The molecule has 0 aliphatic carbocycles. The van der Waals surface area contributed by atoms with Crippen LogP contribution < -0.4 is 9.47 Å². The summed E-state index contributed by atoms with van der Waals surface area (Å²) >= 11 is 0. The maximum Gasteiger partial charge on any atom is 0.216 e. The van der Waals surface area contributed by atoms with E-state index in [-0.39, 0.29) is 0 Å². The van der Waals surface area contributed by atoms with Crippen LogP contribution in [0.15, 0.2) is 43.1 Å². The van der Waals surface area contributed by atoms with E-state index in [1.807, 2.05) is 44.2 Å². The molecule has 2 rings (SSSR count). The molecular formula is C17H19NO2. The molecule has 0 aliphatic rings. The molecule has 0 aliphatic heterocycles. The van der Waals surface area contributed by atoms with Gasteiger partial charge in [0.05, 0.1) is 13.3 Å². The molecule has 0 atom stereocenters. The lowest BCUT2D eigenvalue weighted by Gasteiger charge is -2.15. The first-order chi connectivity index (χ1) is 9.63. The Morgan fingerprint density at radius 3 is 2.55 bits per heavy atom. The number of hydrogen-bond donors (Lipinski definition) is 0. The Balaban J connectivity index is 2.27. The van der Waals surface area contributed by atoms with E-state index in [4.69, 9.17) is 9.47 Å². The average Bonchev–Trinajstić information content (AvgIpc) is 2.45. The third-order valence-electron chi connectivity index (χ3n) is 3.10.